The molecule has 0 heterocycles. The topological polar surface area (TPSA) is 110 Å². The van der Waals surface area contributed by atoms with E-state index in [4.69, 9.17) is 5.11 Å². The summed E-state index contributed by atoms with van der Waals surface area (Å²) >= 11 is 0. The predicted octanol–water partition coefficient (Wildman–Crippen LogP) is 1.72. The van der Waals surface area contributed by atoms with E-state index in [9.17, 15) is 32.3 Å². The summed E-state index contributed by atoms with van der Waals surface area (Å²) in [6.45, 7) is -0.650. The number of aliphatic carboxylic acids is 1. The van der Waals surface area contributed by atoms with Crippen molar-refractivity contribution >= 4 is 28.1 Å². The van der Waals surface area contributed by atoms with Crippen LogP contribution in [0, 0.1) is 10.1 Å². The smallest absolute Gasteiger partial charge is 0.475 e. The summed E-state index contributed by atoms with van der Waals surface area (Å²) in [5, 5.41) is 21.3. The molecule has 0 bridgehead atoms. The Morgan fingerprint density at radius 1 is 1.45 bits per heavy atom. The molecule has 0 radical (unpaired) electrons. The predicted molar refractivity (Wildman–Crippen MR) is 61.7 cm³/mol. The summed E-state index contributed by atoms with van der Waals surface area (Å²) in [4.78, 5) is 19.3. The molecule has 1 atom stereocenters. The zero-order valence-corrected chi connectivity index (χ0v) is 10.3. The minimum absolute atomic E-state index is 0.277. The summed E-state index contributed by atoms with van der Waals surface area (Å²) in [7, 11) is -3.40. The van der Waals surface area contributed by atoms with Gasteiger partial charge < -0.3 is 10.4 Å². The number of hydrogen-bond acceptors (Lipinski definition) is 5. The van der Waals surface area contributed by atoms with Crippen molar-refractivity contribution in [2.24, 2.45) is 0 Å². The number of carboxylic acid groups (broad SMARTS) is 1. The van der Waals surface area contributed by atoms with Crippen LogP contribution in [0.5, 0.6) is 0 Å². The molecule has 110 valence electrons. The van der Waals surface area contributed by atoms with Gasteiger partial charge in [0.05, 0.1) is 9.82 Å². The van der Waals surface area contributed by atoms with Gasteiger partial charge in [-0.2, -0.15) is 13.2 Å². The number of nitro benzene ring substituents is 1. The molecule has 11 heteroatoms. The van der Waals surface area contributed by atoms with E-state index in [-0.39, 0.29) is 5.69 Å². The zero-order valence-electron chi connectivity index (χ0n) is 9.51. The van der Waals surface area contributed by atoms with Gasteiger partial charge in [0.15, 0.2) is 10.8 Å². The van der Waals surface area contributed by atoms with Crippen molar-refractivity contribution in [1.82, 2.24) is 0 Å². The van der Waals surface area contributed by atoms with Gasteiger partial charge in [-0.15, -0.1) is 0 Å². The van der Waals surface area contributed by atoms with Crippen LogP contribution in [0.4, 0.5) is 24.5 Å². The first-order valence-corrected chi connectivity index (χ1v) is 6.00. The molecule has 0 aliphatic carbocycles. The van der Waals surface area contributed by atoms with E-state index < -0.39 is 44.3 Å². The lowest BCUT2D eigenvalue weighted by molar-refractivity contribution is -0.384. The van der Waals surface area contributed by atoms with Crippen LogP contribution in [-0.2, 0) is 15.6 Å². The number of carbonyl (C=O) groups is 1. The lowest BCUT2D eigenvalue weighted by atomic mass is 10.2. The van der Waals surface area contributed by atoms with Crippen molar-refractivity contribution in [3.05, 3.63) is 28.3 Å². The van der Waals surface area contributed by atoms with E-state index in [0.717, 1.165) is 12.1 Å². The molecule has 0 aliphatic rings. The Kier molecular flexibility index (Phi) is 4.65. The van der Waals surface area contributed by atoms with E-state index in [1.165, 1.54) is 0 Å². The van der Waals surface area contributed by atoms with E-state index in [0.29, 0.717) is 6.07 Å². The Morgan fingerprint density at radius 3 is 2.50 bits per heavy atom. The number of benzene rings is 1. The van der Waals surface area contributed by atoms with Gasteiger partial charge in [0.2, 0.25) is 0 Å². The lowest BCUT2D eigenvalue weighted by Crippen LogP contribution is -2.17. The second-order valence-electron chi connectivity index (χ2n) is 3.40. The summed E-state index contributed by atoms with van der Waals surface area (Å²) in [6.07, 6.45) is 0. The van der Waals surface area contributed by atoms with Gasteiger partial charge in [0, 0.05) is 6.07 Å². The Hall–Kier alpha value is -2.17. The number of halogens is 3. The van der Waals surface area contributed by atoms with Crippen molar-refractivity contribution in [1.29, 1.82) is 0 Å². The molecular weight excluding hydrogens is 305 g/mol. The van der Waals surface area contributed by atoms with Crippen LogP contribution in [0.3, 0.4) is 0 Å². The van der Waals surface area contributed by atoms with Crippen molar-refractivity contribution < 1.29 is 32.2 Å². The molecule has 0 fully saturated rings. The third kappa shape index (κ3) is 3.91. The van der Waals surface area contributed by atoms with Crippen molar-refractivity contribution in [2.45, 2.75) is 10.4 Å². The van der Waals surface area contributed by atoms with Gasteiger partial charge in [0.25, 0.3) is 5.69 Å². The fraction of sp³-hybridized carbons (Fsp3) is 0.222. The normalized spacial score (nSPS) is 12.8. The molecule has 0 spiro atoms. The van der Waals surface area contributed by atoms with Crippen LogP contribution in [0.1, 0.15) is 0 Å². The summed E-state index contributed by atoms with van der Waals surface area (Å²) < 4.78 is 47.8. The standard InChI is InChI=1S/C9H7F3N2O5S/c10-9(11,12)20(19)5-1-2-6(13-4-8(15)16)7(3-5)14(17)18/h1-3,13H,4H2,(H,15,16). The number of nitrogens with zero attached hydrogens (tertiary/aromatic N) is 1. The number of anilines is 1. The van der Waals surface area contributed by atoms with Crippen LogP contribution in [0.25, 0.3) is 0 Å². The number of hydrogen-bond donors (Lipinski definition) is 2. The fourth-order valence-electron chi connectivity index (χ4n) is 1.23. The monoisotopic (exact) mass is 312 g/mol. The minimum atomic E-state index is -5.04. The maximum Gasteiger partial charge on any atom is 0.475 e. The highest BCUT2D eigenvalue weighted by atomic mass is 32.2. The molecule has 0 saturated carbocycles. The molecule has 1 aromatic rings. The highest BCUT2D eigenvalue weighted by molar-refractivity contribution is 7.86. The Balaban J connectivity index is 3.17. The largest absolute Gasteiger partial charge is 0.480 e. The van der Waals surface area contributed by atoms with Crippen LogP contribution in [0.15, 0.2) is 23.1 Å². The van der Waals surface area contributed by atoms with Crippen molar-refractivity contribution in [3.8, 4) is 0 Å². The molecule has 0 amide bonds. The molecule has 20 heavy (non-hydrogen) atoms. The molecule has 0 saturated heterocycles. The second kappa shape index (κ2) is 5.86. The average Bonchev–Trinajstić information content (AvgIpc) is 2.33. The van der Waals surface area contributed by atoms with Crippen molar-refractivity contribution in [2.75, 3.05) is 11.9 Å². The molecule has 0 aliphatic heterocycles. The first-order valence-electron chi connectivity index (χ1n) is 4.85. The second-order valence-corrected chi connectivity index (χ2v) is 4.87. The highest BCUT2D eigenvalue weighted by Crippen LogP contribution is 2.31. The number of rotatable bonds is 5. The Morgan fingerprint density at radius 2 is 2.05 bits per heavy atom. The number of alkyl halides is 3. The molecule has 2 N–H and O–H groups in total. The Labute approximate surface area is 112 Å². The number of nitrogens with one attached hydrogen (secondary N) is 1. The highest BCUT2D eigenvalue weighted by Gasteiger charge is 2.38. The minimum Gasteiger partial charge on any atom is -0.480 e. The number of carboxylic acids is 1. The van der Waals surface area contributed by atoms with Crippen LogP contribution in [0.2, 0.25) is 0 Å². The van der Waals surface area contributed by atoms with E-state index in [1.54, 1.807) is 0 Å². The van der Waals surface area contributed by atoms with E-state index in [2.05, 4.69) is 5.32 Å². The molecule has 1 aromatic carbocycles. The fourth-order valence-corrected chi connectivity index (χ4v) is 1.91. The van der Waals surface area contributed by atoms with Gasteiger partial charge >= 0.3 is 11.5 Å². The van der Waals surface area contributed by atoms with E-state index >= 15 is 0 Å². The maximum atomic E-state index is 12.3. The molecule has 1 unspecified atom stereocenters. The molecule has 1 rings (SSSR count). The summed E-state index contributed by atoms with van der Waals surface area (Å²) in [5.74, 6) is -1.30. The van der Waals surface area contributed by atoms with Gasteiger partial charge in [-0.05, 0) is 12.1 Å². The zero-order chi connectivity index (χ0) is 15.5. The van der Waals surface area contributed by atoms with E-state index in [1.807, 2.05) is 0 Å². The maximum absolute atomic E-state index is 12.3. The third-order valence-electron chi connectivity index (χ3n) is 2.02. The van der Waals surface area contributed by atoms with Gasteiger partial charge in [-0.25, -0.2) is 4.21 Å². The first-order chi connectivity index (χ1) is 9.12. The summed E-state index contributed by atoms with van der Waals surface area (Å²) in [6, 6.07) is 2.15. The SMILES string of the molecule is O=C(O)CNc1ccc(S(=O)C(F)(F)F)cc1[N+](=O)[O-]. The van der Waals surface area contributed by atoms with Crippen LogP contribution < -0.4 is 5.32 Å². The third-order valence-corrected chi connectivity index (χ3v) is 3.12. The summed E-state index contributed by atoms with van der Waals surface area (Å²) in [5.41, 5.74) is -6.11. The van der Waals surface area contributed by atoms with Crippen molar-refractivity contribution in [3.63, 3.8) is 0 Å². The molecule has 0 aromatic heterocycles. The van der Waals surface area contributed by atoms with Gasteiger partial charge in [-0.3, -0.25) is 14.9 Å². The van der Waals surface area contributed by atoms with Crippen LogP contribution in [-0.4, -0.2) is 32.3 Å². The van der Waals surface area contributed by atoms with Crippen LogP contribution >= 0.6 is 0 Å². The quantitative estimate of drug-likeness (QED) is 0.633. The molecular formula is C9H7F3N2O5S. The number of nitro groups is 1. The van der Waals surface area contributed by atoms with Gasteiger partial charge in [-0.1, -0.05) is 0 Å². The first kappa shape index (κ1) is 15.9. The molecule has 7 nitrogen and oxygen atoms in total. The van der Waals surface area contributed by atoms with Gasteiger partial charge in [0.1, 0.15) is 12.2 Å². The average molecular weight is 312 g/mol. The Bertz CT molecular complexity index is 575. The lowest BCUT2D eigenvalue weighted by Gasteiger charge is -2.08.